The minimum absolute atomic E-state index is 0.0127. The van der Waals surface area contributed by atoms with Gasteiger partial charge in [0.05, 0.1) is 29.5 Å². The third kappa shape index (κ3) is 9.48. The summed E-state index contributed by atoms with van der Waals surface area (Å²) in [4.78, 5) is 17.2. The summed E-state index contributed by atoms with van der Waals surface area (Å²) in [7, 11) is -5.90. The van der Waals surface area contributed by atoms with Crippen LogP contribution >= 0.6 is 8.03 Å². The topological polar surface area (TPSA) is 85.7 Å². The molecule has 9 heteroatoms. The van der Waals surface area contributed by atoms with Crippen LogP contribution in [0, 0.1) is 24.6 Å². The fourth-order valence-electron chi connectivity index (χ4n) is 6.69. The van der Waals surface area contributed by atoms with Crippen LogP contribution in [-0.4, -0.2) is 43.2 Å². The van der Waals surface area contributed by atoms with E-state index in [1.807, 2.05) is 111 Å². The molecule has 5 aromatic rings. The monoisotopic (exact) mass is 747 g/mol. The smallest absolute Gasteiger partial charge is 0.305 e. The number of rotatable bonds is 13. The average Bonchev–Trinajstić information content (AvgIpc) is 3.13. The Kier molecular flexibility index (Phi) is 13.0. The molecule has 0 amide bonds. The van der Waals surface area contributed by atoms with Gasteiger partial charge in [0.1, 0.15) is 12.4 Å². The number of halogens is 1. The van der Waals surface area contributed by atoms with Crippen molar-refractivity contribution in [3.63, 3.8) is 0 Å². The number of aryl methyl sites for hydroxylation is 1. The number of carboxylic acids is 1. The van der Waals surface area contributed by atoms with E-state index in [0.717, 1.165) is 38.5 Å². The molecule has 0 spiro atoms. The molecule has 0 saturated heterocycles. The average molecular weight is 748 g/mol. The van der Waals surface area contributed by atoms with Crippen molar-refractivity contribution in [2.24, 2.45) is 0 Å². The third-order valence-electron chi connectivity index (χ3n) is 9.21. The van der Waals surface area contributed by atoms with Gasteiger partial charge in [0.2, 0.25) is 0 Å². The molecule has 2 atom stereocenters. The lowest BCUT2D eigenvalue weighted by atomic mass is 9.92. The Hall–Kier alpha value is -4.64. The van der Waals surface area contributed by atoms with Crippen LogP contribution < -0.4 is 10.4 Å². The summed E-state index contributed by atoms with van der Waals surface area (Å²) in [5.41, 5.74) is 5.34. The highest BCUT2D eigenvalue weighted by Gasteiger charge is 2.51. The van der Waals surface area contributed by atoms with E-state index < -0.39 is 33.5 Å². The highest BCUT2D eigenvalue weighted by atomic mass is 31.1. The van der Waals surface area contributed by atoms with Crippen molar-refractivity contribution in [1.29, 1.82) is 0 Å². The van der Waals surface area contributed by atoms with E-state index in [2.05, 4.69) is 32.6 Å². The number of nitrogens with zero attached hydrogens (tertiary/aromatic N) is 1. The standard InChI is InChI=1S/C44H47FNO5PSi/c1-31(2)43-38(39(34-24-25-40(45)32(3)27-34)29-41(46-43)33-17-10-7-11-18-33)23-16-26-50-52(49)30-35(28-42(47)48)51-53(44(4,5)6,36-19-12-8-13-20-36)37-21-14-9-15-22-37/h7-15,17-22,24-25,27,29,31,35,52H,26,28,30H2,1-6H3,(H,47,48)/t35-/m0/s1. The molecule has 0 saturated carbocycles. The maximum Gasteiger partial charge on any atom is 0.305 e. The molecular weight excluding hydrogens is 701 g/mol. The summed E-state index contributed by atoms with van der Waals surface area (Å²) in [6.45, 7) is 12.0. The van der Waals surface area contributed by atoms with E-state index in [-0.39, 0.29) is 30.9 Å². The van der Waals surface area contributed by atoms with Crippen molar-refractivity contribution in [2.45, 2.75) is 65.0 Å². The molecule has 1 unspecified atom stereocenters. The Morgan fingerprint density at radius 2 is 1.47 bits per heavy atom. The minimum atomic E-state index is -3.12. The lowest BCUT2D eigenvalue weighted by Gasteiger charge is -2.45. The molecule has 0 radical (unpaired) electrons. The molecule has 1 aromatic heterocycles. The second-order valence-electron chi connectivity index (χ2n) is 14.5. The van der Waals surface area contributed by atoms with Gasteiger partial charge in [-0.1, -0.05) is 144 Å². The first-order chi connectivity index (χ1) is 25.3. The second kappa shape index (κ2) is 17.5. The van der Waals surface area contributed by atoms with Gasteiger partial charge in [0.25, 0.3) is 8.32 Å². The molecule has 0 aliphatic rings. The van der Waals surface area contributed by atoms with Gasteiger partial charge in [0, 0.05) is 17.3 Å². The Labute approximate surface area is 314 Å². The zero-order valence-corrected chi connectivity index (χ0v) is 33.2. The van der Waals surface area contributed by atoms with Crippen LogP contribution in [0.3, 0.4) is 0 Å². The Morgan fingerprint density at radius 1 is 0.887 bits per heavy atom. The maximum absolute atomic E-state index is 14.4. The van der Waals surface area contributed by atoms with Crippen molar-refractivity contribution in [1.82, 2.24) is 4.98 Å². The van der Waals surface area contributed by atoms with Crippen LogP contribution in [0.2, 0.25) is 5.04 Å². The largest absolute Gasteiger partial charge is 0.481 e. The zero-order chi connectivity index (χ0) is 38.2. The molecule has 0 fully saturated rings. The summed E-state index contributed by atoms with van der Waals surface area (Å²) >= 11 is 0. The van der Waals surface area contributed by atoms with E-state index in [1.165, 1.54) is 6.07 Å². The number of aliphatic carboxylic acids is 1. The molecule has 0 aliphatic carbocycles. The molecule has 1 heterocycles. The van der Waals surface area contributed by atoms with Crippen LogP contribution in [0.5, 0.6) is 0 Å². The van der Waals surface area contributed by atoms with Gasteiger partial charge in [-0.05, 0) is 57.6 Å². The van der Waals surface area contributed by atoms with E-state index in [1.54, 1.807) is 19.1 Å². The summed E-state index contributed by atoms with van der Waals surface area (Å²) in [6, 6.07) is 36.7. The fraction of sp³-hybridized carbons (Fsp3) is 0.273. The zero-order valence-electron chi connectivity index (χ0n) is 31.2. The van der Waals surface area contributed by atoms with Crippen LogP contribution in [0.4, 0.5) is 4.39 Å². The number of aromatic nitrogens is 1. The summed E-state index contributed by atoms with van der Waals surface area (Å²) in [5.74, 6) is 4.98. The fourth-order valence-corrected chi connectivity index (χ4v) is 12.5. The van der Waals surface area contributed by atoms with Gasteiger partial charge in [-0.15, -0.1) is 0 Å². The van der Waals surface area contributed by atoms with Gasteiger partial charge in [-0.25, -0.2) is 4.39 Å². The molecule has 274 valence electrons. The number of hydrogen-bond acceptors (Lipinski definition) is 5. The Bertz CT molecular complexity index is 2070. The SMILES string of the molecule is Cc1cc(-c2cc(-c3ccccc3)nc(C(C)C)c2C#CCO[PH](=O)C[C@H](CC(=O)O)O[Si](c2ccccc2)(c2ccccc2)C(C)(C)C)ccc1F. The van der Waals surface area contributed by atoms with Gasteiger partial charge in [-0.2, -0.15) is 0 Å². The van der Waals surface area contributed by atoms with Crippen molar-refractivity contribution >= 4 is 32.7 Å². The van der Waals surface area contributed by atoms with Crippen LogP contribution in [-0.2, 0) is 18.3 Å². The number of hydrogen-bond donors (Lipinski definition) is 1. The predicted octanol–water partition coefficient (Wildman–Crippen LogP) is 9.25. The second-order valence-corrected chi connectivity index (χ2v) is 20.2. The number of pyridine rings is 1. The highest BCUT2D eigenvalue weighted by molar-refractivity contribution is 7.39. The maximum atomic E-state index is 14.4. The number of carboxylic acid groups (broad SMARTS) is 1. The van der Waals surface area contributed by atoms with E-state index in [4.69, 9.17) is 13.9 Å². The minimum Gasteiger partial charge on any atom is -0.481 e. The molecule has 6 nitrogen and oxygen atoms in total. The first-order valence-electron chi connectivity index (χ1n) is 17.8. The molecule has 0 bridgehead atoms. The van der Waals surface area contributed by atoms with Crippen LogP contribution in [0.1, 0.15) is 63.8 Å². The van der Waals surface area contributed by atoms with Crippen LogP contribution in [0.15, 0.2) is 115 Å². The van der Waals surface area contributed by atoms with Gasteiger partial charge < -0.3 is 14.1 Å². The molecular formula is C44H47FNO5PSi. The van der Waals surface area contributed by atoms with Crippen molar-refractivity contribution in [3.8, 4) is 34.2 Å². The molecule has 5 rings (SSSR count). The van der Waals surface area contributed by atoms with Gasteiger partial charge >= 0.3 is 5.97 Å². The predicted molar refractivity (Wildman–Crippen MR) is 215 cm³/mol. The first kappa shape index (κ1) is 39.6. The lowest BCUT2D eigenvalue weighted by Crippen LogP contribution is -2.68. The number of benzene rings is 4. The van der Waals surface area contributed by atoms with Gasteiger partial charge in [0.15, 0.2) is 8.03 Å². The Balaban J connectivity index is 1.45. The van der Waals surface area contributed by atoms with E-state index in [0.29, 0.717) is 11.1 Å². The first-order valence-corrected chi connectivity index (χ1v) is 21.3. The number of carbonyl (C=O) groups is 1. The lowest BCUT2D eigenvalue weighted by molar-refractivity contribution is -0.138. The summed E-state index contributed by atoms with van der Waals surface area (Å²) in [5, 5.41) is 11.6. The van der Waals surface area contributed by atoms with Gasteiger partial charge in [-0.3, -0.25) is 14.3 Å². The van der Waals surface area contributed by atoms with E-state index in [9.17, 15) is 18.9 Å². The molecule has 53 heavy (non-hydrogen) atoms. The summed E-state index contributed by atoms with van der Waals surface area (Å²) in [6.07, 6.45) is -1.27. The molecule has 4 aromatic carbocycles. The van der Waals surface area contributed by atoms with E-state index >= 15 is 0 Å². The van der Waals surface area contributed by atoms with Crippen molar-refractivity contribution in [3.05, 3.63) is 138 Å². The molecule has 0 aliphatic heterocycles. The highest BCUT2D eigenvalue weighted by Crippen LogP contribution is 2.39. The normalized spacial score (nSPS) is 12.9. The van der Waals surface area contributed by atoms with Crippen molar-refractivity contribution in [2.75, 3.05) is 12.8 Å². The Morgan fingerprint density at radius 3 is 2.00 bits per heavy atom. The van der Waals surface area contributed by atoms with Crippen molar-refractivity contribution < 1.29 is 27.8 Å². The third-order valence-corrected chi connectivity index (χ3v) is 15.6. The summed E-state index contributed by atoms with van der Waals surface area (Å²) < 4.78 is 40.8. The quantitative estimate of drug-likeness (QED) is 0.0735. The molecule has 1 N–H and O–H groups in total. The van der Waals surface area contributed by atoms with Crippen LogP contribution in [0.25, 0.3) is 22.4 Å².